The van der Waals surface area contributed by atoms with Crippen LogP contribution in [0.3, 0.4) is 0 Å². The van der Waals surface area contributed by atoms with E-state index >= 15 is 0 Å². The molecule has 0 saturated carbocycles. The quantitative estimate of drug-likeness (QED) is 0.606. The van der Waals surface area contributed by atoms with Gasteiger partial charge in [0, 0.05) is 11.7 Å². The Hall–Kier alpha value is -3.93. The van der Waals surface area contributed by atoms with Gasteiger partial charge in [-0.05, 0) is 37.1 Å². The molecule has 6 nitrogen and oxygen atoms in total. The van der Waals surface area contributed by atoms with Crippen LogP contribution >= 0.6 is 0 Å². The van der Waals surface area contributed by atoms with Crippen molar-refractivity contribution in [1.82, 2.24) is 10.2 Å². The number of carbonyl (C=O) groups is 3. The lowest BCUT2D eigenvalue weighted by atomic mass is 9.82. The summed E-state index contributed by atoms with van der Waals surface area (Å²) in [6.07, 6.45) is 0. The van der Waals surface area contributed by atoms with Crippen molar-refractivity contribution >= 4 is 23.5 Å². The molecule has 4 amide bonds. The summed E-state index contributed by atoms with van der Waals surface area (Å²) in [5.74, 6) is -0.795. The van der Waals surface area contributed by atoms with Crippen LogP contribution in [0.25, 0.3) is 0 Å². The van der Waals surface area contributed by atoms with E-state index in [1.54, 1.807) is 29.2 Å². The molecule has 162 valence electrons. The lowest BCUT2D eigenvalue weighted by molar-refractivity contribution is -0.133. The number of benzene rings is 3. The number of rotatable bonds is 6. The molecule has 3 aromatic rings. The predicted octanol–water partition coefficient (Wildman–Crippen LogP) is 3.92. The normalized spacial score (nSPS) is 15.0. The summed E-state index contributed by atoms with van der Waals surface area (Å²) in [4.78, 5) is 42.7. The minimum absolute atomic E-state index is 0.140. The number of hydrogen-bond acceptors (Lipinski definition) is 3. The Morgan fingerprint density at radius 1 is 0.844 bits per heavy atom. The van der Waals surface area contributed by atoms with Gasteiger partial charge >= 0.3 is 6.03 Å². The SMILES string of the molecule is CC(C)N(C(=O)CN1C(=O)NC(c2ccccc2)(c2ccccc2)C1=O)c1ccccc1. The molecule has 0 atom stereocenters. The van der Waals surface area contributed by atoms with Crippen LogP contribution in [-0.4, -0.2) is 35.3 Å². The van der Waals surface area contributed by atoms with E-state index in [0.29, 0.717) is 11.1 Å². The van der Waals surface area contributed by atoms with Crippen LogP contribution in [0.4, 0.5) is 10.5 Å². The Bertz CT molecular complexity index is 1080. The third-order valence-electron chi connectivity index (χ3n) is 5.63. The molecule has 1 fully saturated rings. The van der Waals surface area contributed by atoms with Gasteiger partial charge in [0.2, 0.25) is 5.91 Å². The highest BCUT2D eigenvalue weighted by molar-refractivity contribution is 6.12. The molecular formula is C26H25N3O3. The number of imide groups is 1. The molecule has 1 aliphatic heterocycles. The Morgan fingerprint density at radius 2 is 1.31 bits per heavy atom. The van der Waals surface area contributed by atoms with Crippen LogP contribution in [0.15, 0.2) is 91.0 Å². The molecule has 0 aliphatic carbocycles. The van der Waals surface area contributed by atoms with Crippen molar-refractivity contribution in [2.24, 2.45) is 0 Å². The number of anilines is 1. The second kappa shape index (κ2) is 8.67. The standard InChI is InChI=1S/C26H25N3O3/c1-19(2)29(22-16-10-5-11-17-22)23(30)18-28-24(31)26(27-25(28)32,20-12-6-3-7-13-20)21-14-8-4-9-15-21/h3-17,19H,18H2,1-2H3,(H,27,32). The molecule has 1 heterocycles. The Labute approximate surface area is 187 Å². The zero-order valence-corrected chi connectivity index (χ0v) is 18.1. The maximum absolute atomic E-state index is 13.8. The molecule has 3 aromatic carbocycles. The summed E-state index contributed by atoms with van der Waals surface area (Å²) in [6, 6.07) is 26.7. The minimum atomic E-state index is -1.38. The molecule has 0 aromatic heterocycles. The van der Waals surface area contributed by atoms with E-state index in [-0.39, 0.29) is 18.5 Å². The van der Waals surface area contributed by atoms with Crippen molar-refractivity contribution < 1.29 is 14.4 Å². The average Bonchev–Trinajstić information content (AvgIpc) is 3.06. The number of carbonyl (C=O) groups excluding carboxylic acids is 3. The lowest BCUT2D eigenvalue weighted by Gasteiger charge is -2.29. The first-order valence-corrected chi connectivity index (χ1v) is 10.6. The van der Waals surface area contributed by atoms with Crippen molar-refractivity contribution in [3.8, 4) is 0 Å². The molecule has 1 aliphatic rings. The van der Waals surface area contributed by atoms with E-state index < -0.39 is 17.5 Å². The maximum Gasteiger partial charge on any atom is 0.326 e. The Kier molecular flexibility index (Phi) is 5.77. The lowest BCUT2D eigenvalue weighted by Crippen LogP contribution is -2.47. The van der Waals surface area contributed by atoms with Gasteiger partial charge in [-0.15, -0.1) is 0 Å². The topological polar surface area (TPSA) is 69.7 Å². The average molecular weight is 428 g/mol. The van der Waals surface area contributed by atoms with Crippen molar-refractivity contribution in [2.45, 2.75) is 25.4 Å². The fourth-order valence-corrected chi connectivity index (χ4v) is 4.18. The van der Waals surface area contributed by atoms with E-state index in [9.17, 15) is 14.4 Å². The smallest absolute Gasteiger partial charge is 0.315 e. The number of urea groups is 1. The zero-order valence-electron chi connectivity index (χ0n) is 18.1. The van der Waals surface area contributed by atoms with Crippen molar-refractivity contribution in [3.05, 3.63) is 102 Å². The van der Waals surface area contributed by atoms with Crippen LogP contribution in [0.5, 0.6) is 0 Å². The molecule has 4 rings (SSSR count). The molecule has 1 N–H and O–H groups in total. The van der Waals surface area contributed by atoms with E-state index in [1.807, 2.05) is 80.6 Å². The van der Waals surface area contributed by atoms with Gasteiger partial charge in [0.1, 0.15) is 6.54 Å². The Balaban J connectivity index is 1.70. The first-order valence-electron chi connectivity index (χ1n) is 10.6. The minimum Gasteiger partial charge on any atom is -0.315 e. The molecule has 0 unspecified atom stereocenters. The van der Waals surface area contributed by atoms with Gasteiger partial charge in [0.15, 0.2) is 5.54 Å². The monoisotopic (exact) mass is 427 g/mol. The fourth-order valence-electron chi connectivity index (χ4n) is 4.18. The first kappa shape index (κ1) is 21.3. The van der Waals surface area contributed by atoms with Crippen LogP contribution in [0, 0.1) is 0 Å². The number of para-hydroxylation sites is 1. The number of nitrogens with zero attached hydrogens (tertiary/aromatic N) is 2. The Morgan fingerprint density at radius 3 is 1.78 bits per heavy atom. The van der Waals surface area contributed by atoms with Crippen LogP contribution < -0.4 is 10.2 Å². The van der Waals surface area contributed by atoms with Crippen molar-refractivity contribution in [3.63, 3.8) is 0 Å². The molecule has 0 bridgehead atoms. The zero-order chi connectivity index (χ0) is 22.7. The molecule has 32 heavy (non-hydrogen) atoms. The number of hydrogen-bond donors (Lipinski definition) is 1. The largest absolute Gasteiger partial charge is 0.326 e. The summed E-state index contributed by atoms with van der Waals surface area (Å²) >= 11 is 0. The summed E-state index contributed by atoms with van der Waals surface area (Å²) in [7, 11) is 0. The van der Waals surface area contributed by atoms with E-state index in [2.05, 4.69) is 5.32 Å². The number of amides is 4. The van der Waals surface area contributed by atoms with Gasteiger partial charge in [-0.2, -0.15) is 0 Å². The highest BCUT2D eigenvalue weighted by Gasteiger charge is 2.54. The van der Waals surface area contributed by atoms with E-state index in [4.69, 9.17) is 0 Å². The van der Waals surface area contributed by atoms with Crippen LogP contribution in [-0.2, 0) is 15.1 Å². The summed E-state index contributed by atoms with van der Waals surface area (Å²) in [5.41, 5.74) is 0.624. The van der Waals surface area contributed by atoms with Gasteiger partial charge < -0.3 is 10.2 Å². The second-order valence-electron chi connectivity index (χ2n) is 8.00. The van der Waals surface area contributed by atoms with Crippen molar-refractivity contribution in [2.75, 3.05) is 11.4 Å². The van der Waals surface area contributed by atoms with Crippen LogP contribution in [0.2, 0.25) is 0 Å². The fraction of sp³-hybridized carbons (Fsp3) is 0.192. The highest BCUT2D eigenvalue weighted by Crippen LogP contribution is 2.36. The molecular weight excluding hydrogens is 402 g/mol. The third kappa shape index (κ3) is 3.64. The first-order chi connectivity index (χ1) is 15.4. The molecule has 6 heteroatoms. The van der Waals surface area contributed by atoms with Gasteiger partial charge in [0.05, 0.1) is 0 Å². The van der Waals surface area contributed by atoms with E-state index in [0.717, 1.165) is 10.6 Å². The van der Waals surface area contributed by atoms with E-state index in [1.165, 1.54) is 0 Å². The highest BCUT2D eigenvalue weighted by atomic mass is 16.2. The van der Waals surface area contributed by atoms with Gasteiger partial charge in [-0.25, -0.2) is 4.79 Å². The van der Waals surface area contributed by atoms with Crippen molar-refractivity contribution in [1.29, 1.82) is 0 Å². The summed E-state index contributed by atoms with van der Waals surface area (Å²) in [5, 5.41) is 2.88. The van der Waals surface area contributed by atoms with Gasteiger partial charge in [-0.3, -0.25) is 14.5 Å². The summed E-state index contributed by atoms with van der Waals surface area (Å²) in [6.45, 7) is 3.45. The second-order valence-corrected chi connectivity index (χ2v) is 8.00. The molecule has 0 radical (unpaired) electrons. The van der Waals surface area contributed by atoms with Gasteiger partial charge in [0.25, 0.3) is 5.91 Å². The number of nitrogens with one attached hydrogen (secondary N) is 1. The third-order valence-corrected chi connectivity index (χ3v) is 5.63. The summed E-state index contributed by atoms with van der Waals surface area (Å²) < 4.78 is 0. The van der Waals surface area contributed by atoms with Crippen LogP contribution in [0.1, 0.15) is 25.0 Å². The predicted molar refractivity (Wildman–Crippen MR) is 123 cm³/mol. The van der Waals surface area contributed by atoms with Gasteiger partial charge in [-0.1, -0.05) is 78.9 Å². The maximum atomic E-state index is 13.8. The molecule has 1 saturated heterocycles. The molecule has 0 spiro atoms.